The summed E-state index contributed by atoms with van der Waals surface area (Å²) in [6, 6.07) is 14.3. The predicted octanol–water partition coefficient (Wildman–Crippen LogP) is 3.09. The van der Waals surface area contributed by atoms with Gasteiger partial charge in [0.1, 0.15) is 0 Å². The predicted molar refractivity (Wildman–Crippen MR) is 87.2 cm³/mol. The zero-order valence-electron chi connectivity index (χ0n) is 12.0. The van der Waals surface area contributed by atoms with Crippen molar-refractivity contribution >= 4 is 22.4 Å². The number of rotatable bonds is 3. The fourth-order valence-corrected chi connectivity index (χ4v) is 2.61. The molecule has 4 nitrogen and oxygen atoms in total. The molecule has 2 aromatic carbocycles. The second-order valence-corrected chi connectivity index (χ2v) is 5.62. The van der Waals surface area contributed by atoms with E-state index in [1.165, 1.54) is 4.68 Å². The highest BCUT2D eigenvalue weighted by atomic mass is 35.5. The third-order valence-electron chi connectivity index (χ3n) is 3.65. The first-order chi connectivity index (χ1) is 10.6. The maximum absolute atomic E-state index is 12.5. The monoisotopic (exact) mass is 314 g/mol. The molecule has 1 aromatic heterocycles. The highest BCUT2D eigenvalue weighted by Gasteiger charge is 2.13. The van der Waals surface area contributed by atoms with Crippen LogP contribution in [0, 0.1) is 6.92 Å². The minimum atomic E-state index is -0.817. The van der Waals surface area contributed by atoms with Crippen molar-refractivity contribution in [2.45, 2.75) is 19.6 Å². The van der Waals surface area contributed by atoms with Gasteiger partial charge < -0.3 is 5.11 Å². The molecule has 1 heterocycles. The van der Waals surface area contributed by atoms with Gasteiger partial charge in [0.15, 0.2) is 0 Å². The van der Waals surface area contributed by atoms with E-state index in [1.54, 1.807) is 30.3 Å². The Balaban J connectivity index is 1.99. The summed E-state index contributed by atoms with van der Waals surface area (Å²) < 4.78 is 1.32. The van der Waals surface area contributed by atoms with Crippen LogP contribution < -0.4 is 5.56 Å². The van der Waals surface area contributed by atoms with Crippen molar-refractivity contribution in [3.8, 4) is 0 Å². The number of aryl methyl sites for hydroxylation is 1. The number of nitrogens with zero attached hydrogens (tertiary/aromatic N) is 2. The van der Waals surface area contributed by atoms with E-state index < -0.39 is 6.10 Å². The smallest absolute Gasteiger partial charge is 0.274 e. The van der Waals surface area contributed by atoms with Gasteiger partial charge in [-0.25, -0.2) is 4.68 Å². The Morgan fingerprint density at radius 3 is 2.45 bits per heavy atom. The van der Waals surface area contributed by atoms with Crippen LogP contribution in [0.5, 0.6) is 0 Å². The fraction of sp³-hybridized carbons (Fsp3) is 0.176. The van der Waals surface area contributed by atoms with Crippen LogP contribution >= 0.6 is 11.6 Å². The molecule has 0 aliphatic rings. The summed E-state index contributed by atoms with van der Waals surface area (Å²) in [6.45, 7) is 1.96. The van der Waals surface area contributed by atoms with Crippen molar-refractivity contribution in [3.63, 3.8) is 0 Å². The molecule has 22 heavy (non-hydrogen) atoms. The lowest BCUT2D eigenvalue weighted by molar-refractivity contribution is 0.149. The molecule has 112 valence electrons. The number of hydrogen-bond donors (Lipinski definition) is 1. The topological polar surface area (TPSA) is 55.1 Å². The normalized spacial score (nSPS) is 12.5. The van der Waals surface area contributed by atoms with Gasteiger partial charge in [-0.15, -0.1) is 0 Å². The van der Waals surface area contributed by atoms with Gasteiger partial charge in [0, 0.05) is 10.4 Å². The molecule has 0 unspecified atom stereocenters. The summed E-state index contributed by atoms with van der Waals surface area (Å²) in [5, 5.41) is 16.7. The van der Waals surface area contributed by atoms with E-state index in [2.05, 4.69) is 5.10 Å². The molecule has 0 aliphatic heterocycles. The van der Waals surface area contributed by atoms with E-state index in [1.807, 2.05) is 25.1 Å². The van der Waals surface area contributed by atoms with Crippen LogP contribution in [0.25, 0.3) is 10.8 Å². The van der Waals surface area contributed by atoms with Gasteiger partial charge >= 0.3 is 0 Å². The van der Waals surface area contributed by atoms with Crippen LogP contribution in [0.1, 0.15) is 17.4 Å². The molecule has 5 heteroatoms. The quantitative estimate of drug-likeness (QED) is 0.808. The van der Waals surface area contributed by atoms with E-state index in [4.69, 9.17) is 11.6 Å². The van der Waals surface area contributed by atoms with Gasteiger partial charge in [0.05, 0.1) is 23.7 Å². The first-order valence-electron chi connectivity index (χ1n) is 6.96. The van der Waals surface area contributed by atoms with Crippen molar-refractivity contribution in [2.24, 2.45) is 0 Å². The SMILES string of the molecule is Cc1nn(C[C@H](O)c2ccc(Cl)cc2)c(=O)c2ccccc12. The van der Waals surface area contributed by atoms with Crippen molar-refractivity contribution < 1.29 is 5.11 Å². The Labute approximate surface area is 132 Å². The van der Waals surface area contributed by atoms with Gasteiger partial charge in [0.2, 0.25) is 0 Å². The zero-order valence-corrected chi connectivity index (χ0v) is 12.8. The Kier molecular flexibility index (Phi) is 3.96. The lowest BCUT2D eigenvalue weighted by atomic mass is 10.1. The van der Waals surface area contributed by atoms with Crippen LogP contribution in [0.3, 0.4) is 0 Å². The molecule has 3 aromatic rings. The average molecular weight is 315 g/mol. The number of aromatic nitrogens is 2. The molecule has 0 fully saturated rings. The Morgan fingerprint density at radius 1 is 1.14 bits per heavy atom. The maximum atomic E-state index is 12.5. The largest absolute Gasteiger partial charge is 0.386 e. The summed E-state index contributed by atoms with van der Waals surface area (Å²) in [6.07, 6.45) is -0.817. The molecule has 0 amide bonds. The van der Waals surface area contributed by atoms with Gasteiger partial charge in [-0.3, -0.25) is 4.79 Å². The third kappa shape index (κ3) is 2.75. The Morgan fingerprint density at radius 2 is 1.77 bits per heavy atom. The van der Waals surface area contributed by atoms with E-state index in [-0.39, 0.29) is 12.1 Å². The van der Waals surface area contributed by atoms with Gasteiger partial charge in [-0.2, -0.15) is 5.10 Å². The highest BCUT2D eigenvalue weighted by Crippen LogP contribution is 2.18. The molecule has 0 saturated heterocycles. The Hall–Kier alpha value is -2.17. The van der Waals surface area contributed by atoms with Crippen molar-refractivity contribution in [1.82, 2.24) is 9.78 Å². The van der Waals surface area contributed by atoms with Gasteiger partial charge in [-0.05, 0) is 30.7 Å². The van der Waals surface area contributed by atoms with E-state index in [9.17, 15) is 9.90 Å². The average Bonchev–Trinajstić information content (AvgIpc) is 2.53. The zero-order chi connectivity index (χ0) is 15.7. The summed E-state index contributed by atoms with van der Waals surface area (Å²) >= 11 is 5.84. The molecule has 0 bridgehead atoms. The lowest BCUT2D eigenvalue weighted by Gasteiger charge is -2.14. The van der Waals surface area contributed by atoms with E-state index >= 15 is 0 Å². The van der Waals surface area contributed by atoms with E-state index in [0.717, 1.165) is 11.1 Å². The molecule has 1 atom stereocenters. The standard InChI is InChI=1S/C17H15ClN2O2/c1-11-14-4-2-3-5-15(14)17(22)20(19-11)10-16(21)12-6-8-13(18)9-7-12/h2-9,16,21H,10H2,1H3/t16-/m0/s1. The molecule has 3 rings (SSSR count). The number of halogens is 1. The number of benzene rings is 2. The number of aliphatic hydroxyl groups excluding tert-OH is 1. The third-order valence-corrected chi connectivity index (χ3v) is 3.91. The first kappa shape index (κ1) is 14.8. The number of aliphatic hydroxyl groups is 1. The maximum Gasteiger partial charge on any atom is 0.274 e. The minimum Gasteiger partial charge on any atom is -0.386 e. The molecular formula is C17H15ClN2O2. The molecule has 1 N–H and O–H groups in total. The fourth-order valence-electron chi connectivity index (χ4n) is 2.48. The number of hydrogen-bond acceptors (Lipinski definition) is 3. The summed E-state index contributed by atoms with van der Waals surface area (Å²) in [5.74, 6) is 0. The second kappa shape index (κ2) is 5.91. The van der Waals surface area contributed by atoms with Gasteiger partial charge in [0.25, 0.3) is 5.56 Å². The van der Waals surface area contributed by atoms with Crippen LogP contribution in [-0.4, -0.2) is 14.9 Å². The van der Waals surface area contributed by atoms with Crippen LogP contribution in [-0.2, 0) is 6.54 Å². The summed E-state index contributed by atoms with van der Waals surface area (Å²) in [5.41, 5.74) is 1.26. The van der Waals surface area contributed by atoms with Crippen molar-refractivity contribution in [3.05, 3.63) is 75.2 Å². The van der Waals surface area contributed by atoms with Crippen LogP contribution in [0.2, 0.25) is 5.02 Å². The molecular weight excluding hydrogens is 300 g/mol. The van der Waals surface area contributed by atoms with E-state index in [0.29, 0.717) is 16.0 Å². The minimum absolute atomic E-state index is 0.103. The lowest BCUT2D eigenvalue weighted by Crippen LogP contribution is -2.26. The number of fused-ring (bicyclic) bond motifs is 1. The molecule has 0 spiro atoms. The Bertz CT molecular complexity index is 872. The first-order valence-corrected chi connectivity index (χ1v) is 7.34. The second-order valence-electron chi connectivity index (χ2n) is 5.19. The van der Waals surface area contributed by atoms with Crippen LogP contribution in [0.15, 0.2) is 53.3 Å². The van der Waals surface area contributed by atoms with Crippen molar-refractivity contribution in [1.29, 1.82) is 0 Å². The van der Waals surface area contributed by atoms with Gasteiger partial charge in [-0.1, -0.05) is 41.9 Å². The van der Waals surface area contributed by atoms with Crippen molar-refractivity contribution in [2.75, 3.05) is 0 Å². The molecule has 0 saturated carbocycles. The summed E-state index contributed by atoms with van der Waals surface area (Å²) in [7, 11) is 0. The highest BCUT2D eigenvalue weighted by molar-refractivity contribution is 6.30. The molecule has 0 radical (unpaired) electrons. The van der Waals surface area contributed by atoms with Crippen LogP contribution in [0.4, 0.5) is 0 Å². The summed E-state index contributed by atoms with van der Waals surface area (Å²) in [4.78, 5) is 12.5. The molecule has 0 aliphatic carbocycles.